The standard InChI is InChI=1S/C18H19FN2O4S/c1-3-25-12-4-6-13(7-5-12)26(23,24)21-20-15-10-11(2)17-14(19)8-9-16(22)18(15)17/h4-9,11,21-22H,3,10H2,1-2H3/b20-15+/t11-/m0/s1. The number of ether oxygens (including phenoxy) is 1. The number of hydrazone groups is 1. The van der Waals surface area contributed by atoms with Crippen molar-refractivity contribution < 1.29 is 22.7 Å². The van der Waals surface area contributed by atoms with Gasteiger partial charge in [-0.05, 0) is 55.7 Å². The Morgan fingerprint density at radius 1 is 1.27 bits per heavy atom. The highest BCUT2D eigenvalue weighted by atomic mass is 32.2. The number of hydrogen-bond acceptors (Lipinski definition) is 5. The van der Waals surface area contributed by atoms with Crippen molar-refractivity contribution in [2.45, 2.75) is 31.1 Å². The summed E-state index contributed by atoms with van der Waals surface area (Å²) in [6.07, 6.45) is 0.329. The minimum absolute atomic E-state index is 0.0278. The van der Waals surface area contributed by atoms with Gasteiger partial charge in [0.25, 0.3) is 10.0 Å². The predicted molar refractivity (Wildman–Crippen MR) is 95.6 cm³/mol. The van der Waals surface area contributed by atoms with Crippen molar-refractivity contribution >= 4 is 15.7 Å². The molecular formula is C18H19FN2O4S. The first-order chi connectivity index (χ1) is 12.3. The van der Waals surface area contributed by atoms with E-state index in [4.69, 9.17) is 4.74 Å². The van der Waals surface area contributed by atoms with Crippen LogP contribution < -0.4 is 9.57 Å². The fourth-order valence-electron chi connectivity index (χ4n) is 3.01. The minimum atomic E-state index is -3.89. The van der Waals surface area contributed by atoms with Gasteiger partial charge in [-0.25, -0.2) is 4.39 Å². The van der Waals surface area contributed by atoms with E-state index in [1.807, 2.05) is 6.92 Å². The molecule has 0 spiro atoms. The van der Waals surface area contributed by atoms with Crippen LogP contribution in [0.4, 0.5) is 4.39 Å². The molecule has 0 aromatic heterocycles. The van der Waals surface area contributed by atoms with Gasteiger partial charge in [0, 0.05) is 11.1 Å². The Bertz CT molecular complexity index is 956. The van der Waals surface area contributed by atoms with Crippen LogP contribution in [0, 0.1) is 5.82 Å². The number of aromatic hydroxyl groups is 1. The number of halogens is 1. The van der Waals surface area contributed by atoms with Gasteiger partial charge in [-0.2, -0.15) is 18.4 Å². The van der Waals surface area contributed by atoms with Crippen LogP contribution in [0.2, 0.25) is 0 Å². The van der Waals surface area contributed by atoms with Gasteiger partial charge in [-0.3, -0.25) is 0 Å². The molecule has 1 aliphatic rings. The fraction of sp³-hybridized carbons (Fsp3) is 0.278. The number of fused-ring (bicyclic) bond motifs is 1. The van der Waals surface area contributed by atoms with Crippen molar-refractivity contribution in [2.75, 3.05) is 6.61 Å². The van der Waals surface area contributed by atoms with Crippen LogP contribution in [0.25, 0.3) is 0 Å². The van der Waals surface area contributed by atoms with E-state index in [0.717, 1.165) is 0 Å². The summed E-state index contributed by atoms with van der Waals surface area (Å²) in [4.78, 5) is 2.19. The number of nitrogens with zero attached hydrogens (tertiary/aromatic N) is 1. The Morgan fingerprint density at radius 2 is 1.96 bits per heavy atom. The first kappa shape index (κ1) is 18.2. The Kier molecular flexibility index (Phi) is 4.86. The Hall–Kier alpha value is -2.61. The lowest BCUT2D eigenvalue weighted by Gasteiger charge is -2.08. The van der Waals surface area contributed by atoms with Gasteiger partial charge in [0.05, 0.1) is 17.2 Å². The normalized spacial score (nSPS) is 18.0. The second-order valence-electron chi connectivity index (χ2n) is 6.02. The molecule has 8 heteroatoms. The molecule has 0 saturated heterocycles. The lowest BCUT2D eigenvalue weighted by Crippen LogP contribution is -2.20. The fourth-order valence-corrected chi connectivity index (χ4v) is 3.84. The summed E-state index contributed by atoms with van der Waals surface area (Å²) < 4.78 is 44.1. The van der Waals surface area contributed by atoms with E-state index in [9.17, 15) is 17.9 Å². The van der Waals surface area contributed by atoms with Crippen molar-refractivity contribution in [3.63, 3.8) is 0 Å². The molecule has 0 saturated carbocycles. The van der Waals surface area contributed by atoms with Gasteiger partial charge < -0.3 is 9.84 Å². The number of benzene rings is 2. The Labute approximate surface area is 151 Å². The zero-order chi connectivity index (χ0) is 18.9. The van der Waals surface area contributed by atoms with Crippen LogP contribution in [-0.2, 0) is 10.0 Å². The van der Waals surface area contributed by atoms with Gasteiger partial charge in [0.15, 0.2) is 0 Å². The molecule has 3 rings (SSSR count). The van der Waals surface area contributed by atoms with Gasteiger partial charge in [-0.1, -0.05) is 6.92 Å². The molecule has 0 radical (unpaired) electrons. The summed E-state index contributed by atoms with van der Waals surface area (Å²) in [5.41, 5.74) is 0.912. The third-order valence-electron chi connectivity index (χ3n) is 4.20. The first-order valence-electron chi connectivity index (χ1n) is 8.16. The second-order valence-corrected chi connectivity index (χ2v) is 7.68. The molecule has 0 fully saturated rings. The lowest BCUT2D eigenvalue weighted by molar-refractivity contribution is 0.340. The molecule has 138 valence electrons. The molecule has 0 unspecified atom stereocenters. The van der Waals surface area contributed by atoms with E-state index in [2.05, 4.69) is 9.93 Å². The van der Waals surface area contributed by atoms with E-state index < -0.39 is 15.8 Å². The van der Waals surface area contributed by atoms with Crippen molar-refractivity contribution in [3.8, 4) is 11.5 Å². The quantitative estimate of drug-likeness (QED) is 0.783. The number of nitrogens with one attached hydrogen (secondary N) is 1. The van der Waals surface area contributed by atoms with E-state index in [1.165, 1.54) is 24.3 Å². The van der Waals surface area contributed by atoms with Crippen molar-refractivity contribution in [2.24, 2.45) is 5.10 Å². The van der Waals surface area contributed by atoms with Gasteiger partial charge >= 0.3 is 0 Å². The van der Waals surface area contributed by atoms with Crippen LogP contribution in [0.15, 0.2) is 46.4 Å². The van der Waals surface area contributed by atoms with Crippen LogP contribution in [0.1, 0.15) is 37.3 Å². The van der Waals surface area contributed by atoms with Crippen LogP contribution in [0.3, 0.4) is 0 Å². The zero-order valence-corrected chi connectivity index (χ0v) is 15.2. The van der Waals surface area contributed by atoms with Crippen LogP contribution in [-0.4, -0.2) is 25.8 Å². The summed E-state index contributed by atoms with van der Waals surface area (Å²) in [5.74, 6) is -0.197. The Balaban J connectivity index is 1.88. The van der Waals surface area contributed by atoms with Gasteiger partial charge in [-0.15, -0.1) is 0 Å². The zero-order valence-electron chi connectivity index (χ0n) is 14.4. The summed E-state index contributed by atoms with van der Waals surface area (Å²) in [5, 5.41) is 14.0. The maximum atomic E-state index is 14.0. The first-order valence-corrected chi connectivity index (χ1v) is 9.64. The highest BCUT2D eigenvalue weighted by molar-refractivity contribution is 7.89. The average Bonchev–Trinajstić information content (AvgIpc) is 2.95. The molecule has 2 aromatic rings. The molecule has 1 atom stereocenters. The molecule has 0 aliphatic heterocycles. The van der Waals surface area contributed by atoms with E-state index >= 15 is 0 Å². The van der Waals surface area contributed by atoms with Crippen molar-refractivity contribution in [1.29, 1.82) is 0 Å². The second kappa shape index (κ2) is 6.95. The maximum absolute atomic E-state index is 14.0. The van der Waals surface area contributed by atoms with Gasteiger partial charge in [0.1, 0.15) is 17.3 Å². The SMILES string of the molecule is CCOc1ccc(S(=O)(=O)N/N=C2\C[C@H](C)c3c(F)ccc(O)c32)cc1. The third kappa shape index (κ3) is 3.37. The molecule has 0 bridgehead atoms. The maximum Gasteiger partial charge on any atom is 0.276 e. The van der Waals surface area contributed by atoms with Crippen LogP contribution >= 0.6 is 0 Å². The monoisotopic (exact) mass is 378 g/mol. The topological polar surface area (TPSA) is 88.0 Å². The third-order valence-corrected chi connectivity index (χ3v) is 5.42. The van der Waals surface area contributed by atoms with E-state index in [1.54, 1.807) is 19.1 Å². The summed E-state index contributed by atoms with van der Waals surface area (Å²) in [6.45, 7) is 4.11. The predicted octanol–water partition coefficient (Wildman–Crippen LogP) is 3.12. The molecule has 6 nitrogen and oxygen atoms in total. The van der Waals surface area contributed by atoms with Crippen molar-refractivity contribution in [3.05, 3.63) is 53.3 Å². The van der Waals surface area contributed by atoms with Gasteiger partial charge in [0.2, 0.25) is 0 Å². The molecular weight excluding hydrogens is 359 g/mol. The molecule has 2 N–H and O–H groups in total. The molecule has 2 aromatic carbocycles. The molecule has 1 aliphatic carbocycles. The Morgan fingerprint density at radius 3 is 2.62 bits per heavy atom. The number of phenolic OH excluding ortho intramolecular Hbond substituents is 1. The molecule has 0 heterocycles. The summed E-state index contributed by atoms with van der Waals surface area (Å²) in [6, 6.07) is 8.37. The highest BCUT2D eigenvalue weighted by Crippen LogP contribution is 2.39. The number of hydrogen-bond donors (Lipinski definition) is 2. The average molecular weight is 378 g/mol. The highest BCUT2D eigenvalue weighted by Gasteiger charge is 2.31. The largest absolute Gasteiger partial charge is 0.507 e. The number of sulfonamides is 1. The lowest BCUT2D eigenvalue weighted by atomic mass is 10.0. The van der Waals surface area contributed by atoms with Crippen molar-refractivity contribution in [1.82, 2.24) is 4.83 Å². The minimum Gasteiger partial charge on any atom is -0.507 e. The van der Waals surface area contributed by atoms with E-state index in [-0.39, 0.29) is 22.1 Å². The van der Waals surface area contributed by atoms with Crippen LogP contribution in [0.5, 0.6) is 11.5 Å². The van der Waals surface area contributed by atoms with E-state index in [0.29, 0.717) is 30.1 Å². The molecule has 0 amide bonds. The number of rotatable bonds is 5. The molecule has 26 heavy (non-hydrogen) atoms. The summed E-state index contributed by atoms with van der Waals surface area (Å²) >= 11 is 0. The summed E-state index contributed by atoms with van der Waals surface area (Å²) in [7, 11) is -3.89. The smallest absolute Gasteiger partial charge is 0.276 e. The number of phenols is 1.